The van der Waals surface area contributed by atoms with Crippen LogP contribution in [0, 0.1) is 11.3 Å². The monoisotopic (exact) mass is 315 g/mol. The Morgan fingerprint density at radius 1 is 1.13 bits per heavy atom. The third kappa shape index (κ3) is 6.09. The fourth-order valence-corrected chi connectivity index (χ4v) is 3.40. The second kappa shape index (κ2) is 8.62. The van der Waals surface area contributed by atoms with Crippen LogP contribution in [0.1, 0.15) is 52.0 Å². The average molecular weight is 316 g/mol. The van der Waals surface area contributed by atoms with Gasteiger partial charge in [-0.2, -0.15) is 5.12 Å². The summed E-state index contributed by atoms with van der Waals surface area (Å²) in [6.07, 6.45) is 7.05. The van der Waals surface area contributed by atoms with E-state index < -0.39 is 0 Å². The maximum Gasteiger partial charge on any atom is 0.0538 e. The van der Waals surface area contributed by atoms with E-state index in [0.717, 1.165) is 19.0 Å². The molecule has 1 aliphatic carbocycles. The molecular formula is C20H33N3. The molecule has 0 amide bonds. The molecule has 0 unspecified atom stereocenters. The largest absolute Gasteiger partial charge is 0.238 e. The van der Waals surface area contributed by atoms with Crippen LogP contribution in [0.5, 0.6) is 0 Å². The zero-order valence-corrected chi connectivity index (χ0v) is 15.0. The highest BCUT2D eigenvalue weighted by Crippen LogP contribution is 2.37. The smallest absolute Gasteiger partial charge is 0.0538 e. The molecule has 0 atom stereocenters. The van der Waals surface area contributed by atoms with Crippen molar-refractivity contribution < 1.29 is 0 Å². The number of nitrogens with one attached hydrogen (secondary N) is 2. The minimum Gasteiger partial charge on any atom is -0.238 e. The van der Waals surface area contributed by atoms with E-state index in [2.05, 4.69) is 73.7 Å². The van der Waals surface area contributed by atoms with Crippen molar-refractivity contribution in [2.75, 3.05) is 6.54 Å². The number of nitrogens with zero attached hydrogens (tertiary/aromatic N) is 1. The molecule has 128 valence electrons. The summed E-state index contributed by atoms with van der Waals surface area (Å²) >= 11 is 0. The number of hydrazine groups is 2. The zero-order chi connectivity index (χ0) is 16.7. The minimum atomic E-state index is 0.440. The fourth-order valence-electron chi connectivity index (χ4n) is 3.40. The molecule has 2 rings (SSSR count). The lowest BCUT2D eigenvalue weighted by Gasteiger charge is -2.39. The summed E-state index contributed by atoms with van der Waals surface area (Å²) in [5.41, 5.74) is 8.84. The lowest BCUT2D eigenvalue weighted by atomic mass is 9.71. The van der Waals surface area contributed by atoms with Crippen molar-refractivity contribution in [1.29, 1.82) is 0 Å². The predicted molar refractivity (Wildman–Crippen MR) is 98.5 cm³/mol. The number of hydrogen-bond donors (Lipinski definition) is 2. The quantitative estimate of drug-likeness (QED) is 0.580. The molecule has 0 spiro atoms. The summed E-state index contributed by atoms with van der Waals surface area (Å²) < 4.78 is 0. The van der Waals surface area contributed by atoms with Gasteiger partial charge in [-0.1, -0.05) is 57.2 Å². The van der Waals surface area contributed by atoms with Gasteiger partial charge in [-0.05, 0) is 42.6 Å². The van der Waals surface area contributed by atoms with Crippen LogP contribution in [0.2, 0.25) is 0 Å². The maximum absolute atomic E-state index is 3.81. The Kier molecular flexibility index (Phi) is 6.82. The molecule has 0 aromatic heterocycles. The normalized spacial score (nSPS) is 22.3. The second-order valence-corrected chi connectivity index (χ2v) is 7.77. The standard InChI is InChI=1S/C20H33N3/c1-5-15-21-23(16-17-9-7-6-8-10-17)22-19-13-11-18(12-14-19)20(2,3)4/h5-10,18-19,21-22H,1,11-16H2,2-4H3. The van der Waals surface area contributed by atoms with Gasteiger partial charge in [0.25, 0.3) is 0 Å². The number of hydrogen-bond acceptors (Lipinski definition) is 3. The van der Waals surface area contributed by atoms with Crippen molar-refractivity contribution in [1.82, 2.24) is 16.0 Å². The number of rotatable bonds is 7. The predicted octanol–water partition coefficient (Wildman–Crippen LogP) is 4.29. The molecule has 1 saturated carbocycles. The molecule has 0 radical (unpaired) electrons. The van der Waals surface area contributed by atoms with E-state index in [1.807, 2.05) is 6.08 Å². The van der Waals surface area contributed by atoms with Gasteiger partial charge in [-0.3, -0.25) is 0 Å². The molecule has 0 bridgehead atoms. The first-order valence-corrected chi connectivity index (χ1v) is 8.91. The van der Waals surface area contributed by atoms with Crippen molar-refractivity contribution in [3.63, 3.8) is 0 Å². The third-order valence-corrected chi connectivity index (χ3v) is 4.90. The molecule has 0 heterocycles. The Hall–Kier alpha value is -1.16. The molecule has 3 nitrogen and oxygen atoms in total. The van der Waals surface area contributed by atoms with Gasteiger partial charge in [-0.25, -0.2) is 10.9 Å². The first-order valence-electron chi connectivity index (χ1n) is 8.91. The Morgan fingerprint density at radius 2 is 1.78 bits per heavy atom. The fraction of sp³-hybridized carbons (Fsp3) is 0.600. The summed E-state index contributed by atoms with van der Waals surface area (Å²) in [6.45, 7) is 12.6. The summed E-state index contributed by atoms with van der Waals surface area (Å²) in [5, 5.41) is 2.14. The van der Waals surface area contributed by atoms with Crippen LogP contribution in [0.3, 0.4) is 0 Å². The Morgan fingerprint density at radius 3 is 2.35 bits per heavy atom. The van der Waals surface area contributed by atoms with Crippen molar-refractivity contribution in [3.05, 3.63) is 48.6 Å². The lowest BCUT2D eigenvalue weighted by Crippen LogP contribution is -2.52. The zero-order valence-electron chi connectivity index (χ0n) is 15.0. The SMILES string of the molecule is C=CCNN(Cc1ccccc1)NC1CCC(C(C)(C)C)CC1. The highest BCUT2D eigenvalue weighted by molar-refractivity contribution is 5.14. The summed E-state index contributed by atoms with van der Waals surface area (Å²) in [5.74, 6) is 0.851. The van der Waals surface area contributed by atoms with Gasteiger partial charge in [0.05, 0.1) is 6.54 Å². The number of benzene rings is 1. The molecule has 23 heavy (non-hydrogen) atoms. The van der Waals surface area contributed by atoms with Gasteiger partial charge in [0.15, 0.2) is 0 Å². The molecule has 1 aromatic rings. The van der Waals surface area contributed by atoms with Gasteiger partial charge in [0, 0.05) is 12.6 Å². The topological polar surface area (TPSA) is 27.3 Å². The molecule has 1 aliphatic rings. The van der Waals surface area contributed by atoms with Gasteiger partial charge in [-0.15, -0.1) is 6.58 Å². The van der Waals surface area contributed by atoms with Gasteiger partial charge in [0.2, 0.25) is 0 Å². The van der Waals surface area contributed by atoms with Crippen LogP contribution in [-0.4, -0.2) is 17.7 Å². The van der Waals surface area contributed by atoms with E-state index >= 15 is 0 Å². The van der Waals surface area contributed by atoms with Crippen LogP contribution < -0.4 is 10.9 Å². The van der Waals surface area contributed by atoms with E-state index in [9.17, 15) is 0 Å². The van der Waals surface area contributed by atoms with Crippen molar-refractivity contribution >= 4 is 0 Å². The van der Waals surface area contributed by atoms with Crippen molar-refractivity contribution in [2.45, 2.75) is 59.0 Å². The third-order valence-electron chi connectivity index (χ3n) is 4.90. The molecule has 3 heteroatoms. The Bertz CT molecular complexity index is 456. The minimum absolute atomic E-state index is 0.440. The molecular weight excluding hydrogens is 282 g/mol. The highest BCUT2D eigenvalue weighted by Gasteiger charge is 2.30. The van der Waals surface area contributed by atoms with Crippen LogP contribution in [0.15, 0.2) is 43.0 Å². The van der Waals surface area contributed by atoms with Crippen LogP contribution in [0.4, 0.5) is 0 Å². The second-order valence-electron chi connectivity index (χ2n) is 7.77. The molecule has 2 N–H and O–H groups in total. The molecule has 0 aliphatic heterocycles. The highest BCUT2D eigenvalue weighted by atomic mass is 15.7. The summed E-state index contributed by atoms with van der Waals surface area (Å²) in [6, 6.07) is 11.1. The van der Waals surface area contributed by atoms with Crippen LogP contribution in [-0.2, 0) is 6.54 Å². The lowest BCUT2D eigenvalue weighted by molar-refractivity contribution is 0.0581. The molecule has 0 saturated heterocycles. The molecule has 1 aromatic carbocycles. The summed E-state index contributed by atoms with van der Waals surface area (Å²) in [4.78, 5) is 0. The van der Waals surface area contributed by atoms with Crippen molar-refractivity contribution in [3.8, 4) is 0 Å². The summed E-state index contributed by atoms with van der Waals surface area (Å²) in [7, 11) is 0. The van der Waals surface area contributed by atoms with Crippen LogP contribution >= 0.6 is 0 Å². The average Bonchev–Trinajstić information content (AvgIpc) is 2.53. The van der Waals surface area contributed by atoms with Crippen LogP contribution in [0.25, 0.3) is 0 Å². The Labute approximate surface area is 142 Å². The van der Waals surface area contributed by atoms with Crippen molar-refractivity contribution in [2.24, 2.45) is 11.3 Å². The van der Waals surface area contributed by atoms with Gasteiger partial charge >= 0.3 is 0 Å². The van der Waals surface area contributed by atoms with E-state index in [1.165, 1.54) is 31.2 Å². The van der Waals surface area contributed by atoms with E-state index in [0.29, 0.717) is 11.5 Å². The maximum atomic E-state index is 3.81. The Balaban J connectivity index is 1.87. The first kappa shape index (κ1) is 18.2. The van der Waals surface area contributed by atoms with E-state index in [-0.39, 0.29) is 0 Å². The first-order chi connectivity index (χ1) is 11.0. The molecule has 1 fully saturated rings. The van der Waals surface area contributed by atoms with Gasteiger partial charge < -0.3 is 0 Å². The van der Waals surface area contributed by atoms with Gasteiger partial charge in [0.1, 0.15) is 0 Å². The van der Waals surface area contributed by atoms with E-state index in [4.69, 9.17) is 0 Å². The van der Waals surface area contributed by atoms with E-state index in [1.54, 1.807) is 0 Å².